The Hall–Kier alpha value is -0.0700. The zero-order valence-corrected chi connectivity index (χ0v) is 14.6. The summed E-state index contributed by atoms with van der Waals surface area (Å²) in [7, 11) is 0. The van der Waals surface area contributed by atoms with Crippen molar-refractivity contribution in [2.24, 2.45) is 5.73 Å². The lowest BCUT2D eigenvalue weighted by Gasteiger charge is -2.45. The number of halogens is 2. The number of hydrogen-bond donors (Lipinski definition) is 2. The highest BCUT2D eigenvalue weighted by Crippen LogP contribution is 2.20. The molecule has 122 valence electrons. The summed E-state index contributed by atoms with van der Waals surface area (Å²) in [6.45, 7) is 12.5. The van der Waals surface area contributed by atoms with Gasteiger partial charge < -0.3 is 15.8 Å². The van der Waals surface area contributed by atoms with E-state index in [0.29, 0.717) is 6.54 Å². The summed E-state index contributed by atoms with van der Waals surface area (Å²) in [5.74, 6) is -0.0996. The molecular formula is C13H29Cl2N3O2. The third-order valence-corrected chi connectivity index (χ3v) is 3.38. The summed E-state index contributed by atoms with van der Waals surface area (Å²) in [4.78, 5) is 13.9. The lowest BCUT2D eigenvalue weighted by Crippen LogP contribution is -2.59. The Bertz CT molecular complexity index is 291. The third kappa shape index (κ3) is 6.59. The average Bonchev–Trinajstić information content (AvgIpc) is 2.24. The van der Waals surface area contributed by atoms with Gasteiger partial charge in [-0.2, -0.15) is 0 Å². The summed E-state index contributed by atoms with van der Waals surface area (Å²) in [5, 5.41) is 2.90. The number of rotatable bonds is 4. The first-order chi connectivity index (χ1) is 8.22. The van der Waals surface area contributed by atoms with Crippen molar-refractivity contribution >= 4 is 30.7 Å². The summed E-state index contributed by atoms with van der Waals surface area (Å²) in [6.07, 6.45) is 0.467. The number of amides is 1. The van der Waals surface area contributed by atoms with Gasteiger partial charge in [0.25, 0.3) is 0 Å². The number of nitrogens with zero attached hydrogens (tertiary/aromatic N) is 1. The van der Waals surface area contributed by atoms with Crippen molar-refractivity contribution in [3.8, 4) is 0 Å². The molecule has 1 aliphatic heterocycles. The van der Waals surface area contributed by atoms with Crippen LogP contribution in [-0.2, 0) is 9.53 Å². The summed E-state index contributed by atoms with van der Waals surface area (Å²) >= 11 is 0. The summed E-state index contributed by atoms with van der Waals surface area (Å²) < 4.78 is 5.73. The zero-order chi connectivity index (χ0) is 13.9. The molecule has 0 saturated carbocycles. The topological polar surface area (TPSA) is 67.6 Å². The third-order valence-electron chi connectivity index (χ3n) is 3.38. The van der Waals surface area contributed by atoms with Crippen molar-refractivity contribution in [3.05, 3.63) is 0 Å². The second-order valence-electron chi connectivity index (χ2n) is 5.98. The molecule has 1 fully saturated rings. The largest absolute Gasteiger partial charge is 0.373 e. The van der Waals surface area contributed by atoms with Crippen LogP contribution in [-0.4, -0.2) is 54.2 Å². The monoisotopic (exact) mass is 329 g/mol. The van der Waals surface area contributed by atoms with Gasteiger partial charge in [0.05, 0.1) is 18.2 Å². The Balaban J connectivity index is 0. The summed E-state index contributed by atoms with van der Waals surface area (Å²) in [6, 6.07) is -0.455. The fraction of sp³-hybridized carbons (Fsp3) is 0.923. The fourth-order valence-corrected chi connectivity index (χ4v) is 2.25. The van der Waals surface area contributed by atoms with E-state index in [2.05, 4.69) is 37.9 Å². The molecule has 3 N–H and O–H groups in total. The molecule has 1 saturated heterocycles. The first-order valence-corrected chi connectivity index (χ1v) is 6.66. The van der Waals surface area contributed by atoms with E-state index in [4.69, 9.17) is 10.5 Å². The molecule has 0 bridgehead atoms. The number of ether oxygens (including phenoxy) is 1. The standard InChI is InChI=1S/C13H27N3O2.2ClH/c1-9-6-16(7-10(2)18-9)13(4,5)8-15-12(17)11(3)14;;/h9-11H,6-8,14H2,1-5H3,(H,15,17);2*1H/t9?,10?,11-;;/m1../s1. The van der Waals surface area contributed by atoms with Crippen LogP contribution in [0.2, 0.25) is 0 Å². The minimum absolute atomic E-state index is 0. The predicted octanol–water partition coefficient (Wildman–Crippen LogP) is 1.18. The fourth-order valence-electron chi connectivity index (χ4n) is 2.25. The van der Waals surface area contributed by atoms with E-state index in [9.17, 15) is 4.79 Å². The van der Waals surface area contributed by atoms with Crippen LogP contribution in [0.1, 0.15) is 34.6 Å². The maximum Gasteiger partial charge on any atom is 0.236 e. The van der Waals surface area contributed by atoms with E-state index in [1.54, 1.807) is 6.92 Å². The molecule has 0 radical (unpaired) electrons. The molecule has 2 unspecified atom stereocenters. The van der Waals surface area contributed by atoms with Gasteiger partial charge >= 0.3 is 0 Å². The smallest absolute Gasteiger partial charge is 0.236 e. The minimum atomic E-state index is -0.455. The highest BCUT2D eigenvalue weighted by molar-refractivity contribution is 5.85. The van der Waals surface area contributed by atoms with Gasteiger partial charge in [0.15, 0.2) is 0 Å². The van der Waals surface area contributed by atoms with Crippen LogP contribution in [0.25, 0.3) is 0 Å². The van der Waals surface area contributed by atoms with Gasteiger partial charge in [0.2, 0.25) is 5.91 Å². The van der Waals surface area contributed by atoms with Crippen molar-refractivity contribution < 1.29 is 9.53 Å². The highest BCUT2D eigenvalue weighted by atomic mass is 35.5. The van der Waals surface area contributed by atoms with Crippen molar-refractivity contribution in [2.75, 3.05) is 19.6 Å². The predicted molar refractivity (Wildman–Crippen MR) is 86.8 cm³/mol. The van der Waals surface area contributed by atoms with Crippen molar-refractivity contribution in [1.29, 1.82) is 0 Å². The molecule has 20 heavy (non-hydrogen) atoms. The van der Waals surface area contributed by atoms with Crippen LogP contribution < -0.4 is 11.1 Å². The van der Waals surface area contributed by atoms with E-state index in [1.807, 2.05) is 0 Å². The van der Waals surface area contributed by atoms with Crippen molar-refractivity contribution in [3.63, 3.8) is 0 Å². The molecule has 1 rings (SSSR count). The number of hydrogen-bond acceptors (Lipinski definition) is 4. The second-order valence-corrected chi connectivity index (χ2v) is 5.98. The number of carbonyl (C=O) groups excluding carboxylic acids is 1. The van der Waals surface area contributed by atoms with Gasteiger partial charge in [-0.1, -0.05) is 0 Å². The van der Waals surface area contributed by atoms with E-state index in [1.165, 1.54) is 0 Å². The minimum Gasteiger partial charge on any atom is -0.373 e. The van der Waals surface area contributed by atoms with E-state index in [0.717, 1.165) is 13.1 Å². The van der Waals surface area contributed by atoms with Crippen LogP contribution in [0.15, 0.2) is 0 Å². The molecule has 3 atom stereocenters. The Kier molecular flexibility index (Phi) is 10.1. The first kappa shape index (κ1) is 22.2. The van der Waals surface area contributed by atoms with Crippen LogP contribution in [0.4, 0.5) is 0 Å². The van der Waals surface area contributed by atoms with Gasteiger partial charge in [-0.15, -0.1) is 24.8 Å². The zero-order valence-electron chi connectivity index (χ0n) is 13.0. The van der Waals surface area contributed by atoms with Crippen molar-refractivity contribution in [1.82, 2.24) is 10.2 Å². The SMILES string of the molecule is CC1CN(C(C)(C)CNC(=O)[C@@H](C)N)CC(C)O1.Cl.Cl. The van der Waals surface area contributed by atoms with Crippen LogP contribution in [0, 0.1) is 0 Å². The highest BCUT2D eigenvalue weighted by Gasteiger charge is 2.33. The maximum atomic E-state index is 11.5. The van der Waals surface area contributed by atoms with Gasteiger partial charge in [-0.05, 0) is 34.6 Å². The molecule has 7 heteroatoms. The van der Waals surface area contributed by atoms with E-state index in [-0.39, 0.29) is 48.5 Å². The van der Waals surface area contributed by atoms with Crippen LogP contribution in [0.3, 0.4) is 0 Å². The second kappa shape index (κ2) is 9.05. The first-order valence-electron chi connectivity index (χ1n) is 6.66. The van der Waals surface area contributed by atoms with Crippen LogP contribution >= 0.6 is 24.8 Å². The Morgan fingerprint density at radius 1 is 1.35 bits per heavy atom. The summed E-state index contributed by atoms with van der Waals surface area (Å²) in [5.41, 5.74) is 5.46. The lowest BCUT2D eigenvalue weighted by atomic mass is 10.00. The number of nitrogens with one attached hydrogen (secondary N) is 1. The van der Waals surface area contributed by atoms with E-state index >= 15 is 0 Å². The molecule has 0 spiro atoms. The van der Waals surface area contributed by atoms with Gasteiger partial charge in [-0.25, -0.2) is 0 Å². The molecule has 1 aliphatic rings. The molecule has 1 heterocycles. The molecule has 0 aromatic carbocycles. The molecule has 0 aromatic rings. The number of carbonyl (C=O) groups is 1. The average molecular weight is 330 g/mol. The van der Waals surface area contributed by atoms with Crippen LogP contribution in [0.5, 0.6) is 0 Å². The number of morpholine rings is 1. The van der Waals surface area contributed by atoms with Gasteiger partial charge in [0.1, 0.15) is 0 Å². The molecule has 5 nitrogen and oxygen atoms in total. The van der Waals surface area contributed by atoms with Gasteiger partial charge in [0, 0.05) is 25.2 Å². The molecule has 0 aromatic heterocycles. The normalized spacial score (nSPS) is 25.1. The van der Waals surface area contributed by atoms with E-state index < -0.39 is 6.04 Å². The van der Waals surface area contributed by atoms with Gasteiger partial charge in [-0.3, -0.25) is 9.69 Å². The lowest BCUT2D eigenvalue weighted by molar-refractivity contribution is -0.123. The Labute approximate surface area is 134 Å². The Morgan fingerprint density at radius 3 is 2.20 bits per heavy atom. The Morgan fingerprint density at radius 2 is 1.80 bits per heavy atom. The molecule has 0 aliphatic carbocycles. The van der Waals surface area contributed by atoms with Crippen molar-refractivity contribution in [2.45, 2.75) is 58.4 Å². The quantitative estimate of drug-likeness (QED) is 0.812. The molecular weight excluding hydrogens is 301 g/mol. The maximum absolute atomic E-state index is 11.5. The molecule has 1 amide bonds. The number of nitrogens with two attached hydrogens (primary N) is 1.